The predicted molar refractivity (Wildman–Crippen MR) is 105 cm³/mol. The van der Waals surface area contributed by atoms with E-state index in [0.717, 1.165) is 28.1 Å². The Morgan fingerprint density at radius 2 is 1.96 bits per heavy atom. The molecule has 1 atom stereocenters. The maximum Gasteiger partial charge on any atom is 0.169 e. The van der Waals surface area contributed by atoms with Gasteiger partial charge < -0.3 is 9.47 Å². The highest BCUT2D eigenvalue weighted by atomic mass is 16.5. The monoisotopic (exact) mass is 364 g/mol. The van der Waals surface area contributed by atoms with Gasteiger partial charge in [-0.1, -0.05) is 18.2 Å². The average molecular weight is 364 g/mol. The number of hydrogen-bond donors (Lipinski definition) is 1. The van der Waals surface area contributed by atoms with Crippen LogP contribution in [-0.2, 0) is 4.79 Å². The summed E-state index contributed by atoms with van der Waals surface area (Å²) in [6, 6.07) is 13.7. The molecule has 0 amide bonds. The van der Waals surface area contributed by atoms with Crippen molar-refractivity contribution in [1.82, 2.24) is 10.2 Å². The van der Waals surface area contributed by atoms with Gasteiger partial charge in [0.25, 0.3) is 0 Å². The number of methoxy groups -OCH3 is 1. The minimum absolute atomic E-state index is 0.0804. The first-order valence-electron chi connectivity index (χ1n) is 8.89. The van der Waals surface area contributed by atoms with Gasteiger partial charge in [0, 0.05) is 23.6 Å². The van der Waals surface area contributed by atoms with Gasteiger partial charge in [-0.25, -0.2) is 0 Å². The Morgan fingerprint density at radius 1 is 1.15 bits per heavy atom. The van der Waals surface area contributed by atoms with Crippen molar-refractivity contribution < 1.29 is 14.3 Å². The van der Waals surface area contributed by atoms with Gasteiger partial charge in [0.05, 0.1) is 13.3 Å². The molecule has 27 heavy (non-hydrogen) atoms. The highest BCUT2D eigenvalue weighted by molar-refractivity contribution is 5.77. The summed E-state index contributed by atoms with van der Waals surface area (Å²) < 4.78 is 11.6. The van der Waals surface area contributed by atoms with Gasteiger partial charge in [0.15, 0.2) is 11.5 Å². The van der Waals surface area contributed by atoms with Crippen molar-refractivity contribution >= 4 is 5.78 Å². The van der Waals surface area contributed by atoms with Crippen molar-refractivity contribution in [1.29, 1.82) is 0 Å². The van der Waals surface area contributed by atoms with Gasteiger partial charge in [-0.15, -0.1) is 0 Å². The molecule has 0 aliphatic rings. The molecule has 0 spiro atoms. The fraction of sp³-hybridized carbons (Fsp3) is 0.273. The minimum Gasteiger partial charge on any atom is -0.493 e. The van der Waals surface area contributed by atoms with Crippen LogP contribution in [0.2, 0.25) is 0 Å². The molecule has 0 fully saturated rings. The molecule has 3 rings (SSSR count). The predicted octanol–water partition coefficient (Wildman–Crippen LogP) is 4.94. The Labute approximate surface area is 159 Å². The minimum atomic E-state index is -0.0804. The summed E-state index contributed by atoms with van der Waals surface area (Å²) >= 11 is 0. The van der Waals surface area contributed by atoms with Crippen molar-refractivity contribution in [3.8, 4) is 17.2 Å². The second-order valence-corrected chi connectivity index (χ2v) is 6.74. The largest absolute Gasteiger partial charge is 0.493 e. The topological polar surface area (TPSA) is 64.2 Å². The van der Waals surface area contributed by atoms with Crippen LogP contribution in [0.25, 0.3) is 0 Å². The Morgan fingerprint density at radius 3 is 2.59 bits per heavy atom. The second kappa shape index (κ2) is 8.08. The molecule has 0 aliphatic heterocycles. The number of benzene rings is 2. The Bertz CT molecular complexity index is 946. The lowest BCUT2D eigenvalue weighted by Gasteiger charge is -2.18. The summed E-state index contributed by atoms with van der Waals surface area (Å²) in [6.07, 6.45) is 2.19. The molecule has 1 unspecified atom stereocenters. The highest BCUT2D eigenvalue weighted by Crippen LogP contribution is 2.37. The lowest BCUT2D eigenvalue weighted by atomic mass is 9.87. The van der Waals surface area contributed by atoms with Crippen molar-refractivity contribution in [2.24, 2.45) is 0 Å². The number of ketones is 1. The number of carbonyl (C=O) groups is 1. The molecule has 2 aromatic carbocycles. The Balaban J connectivity index is 1.96. The second-order valence-electron chi connectivity index (χ2n) is 6.74. The molecule has 3 aromatic rings. The Hall–Kier alpha value is -3.08. The number of nitrogens with zero attached hydrogens (tertiary/aromatic N) is 1. The third-order valence-electron chi connectivity index (χ3n) is 4.54. The number of Topliss-reactive ketones (excluding diaryl/α,β-unsaturated/α-hetero) is 1. The summed E-state index contributed by atoms with van der Waals surface area (Å²) in [5.41, 5.74) is 4.09. The maximum atomic E-state index is 11.8. The molecule has 0 saturated carbocycles. The molecule has 0 saturated heterocycles. The lowest BCUT2D eigenvalue weighted by Crippen LogP contribution is -2.07. The van der Waals surface area contributed by atoms with E-state index in [1.165, 1.54) is 0 Å². The van der Waals surface area contributed by atoms with E-state index in [2.05, 4.69) is 10.2 Å². The van der Waals surface area contributed by atoms with Crippen LogP contribution in [0.3, 0.4) is 0 Å². The Kier molecular flexibility index (Phi) is 5.60. The number of rotatable bonds is 7. The molecule has 0 aliphatic carbocycles. The first-order chi connectivity index (χ1) is 13.0. The van der Waals surface area contributed by atoms with E-state index < -0.39 is 0 Å². The number of nitrogens with one attached hydrogen (secondary N) is 1. The fourth-order valence-electron chi connectivity index (χ4n) is 3.20. The molecule has 1 N–H and O–H groups in total. The quantitative estimate of drug-likeness (QED) is 0.645. The van der Waals surface area contributed by atoms with Gasteiger partial charge in [-0.2, -0.15) is 5.10 Å². The zero-order valence-corrected chi connectivity index (χ0v) is 16.1. The standard InChI is InChI=1S/C22H24N2O3/c1-14-6-5-7-18(10-14)27-21-9-8-17(12-22(21)26-4)19(11-15(2)25)20-13-23-24-16(20)3/h5-10,12-13,19H,11H2,1-4H3,(H,23,24). The molecule has 1 heterocycles. The van der Waals surface area contributed by atoms with Crippen LogP contribution >= 0.6 is 0 Å². The number of H-pyrrole nitrogens is 1. The normalized spacial score (nSPS) is 11.9. The number of aryl methyl sites for hydroxylation is 2. The van der Waals surface area contributed by atoms with Gasteiger partial charge >= 0.3 is 0 Å². The van der Waals surface area contributed by atoms with E-state index in [-0.39, 0.29) is 11.7 Å². The maximum absolute atomic E-state index is 11.8. The van der Waals surface area contributed by atoms with E-state index in [9.17, 15) is 4.79 Å². The van der Waals surface area contributed by atoms with E-state index in [1.807, 2.05) is 56.3 Å². The number of ether oxygens (including phenoxy) is 2. The van der Waals surface area contributed by atoms with Gasteiger partial charge in [0.2, 0.25) is 0 Å². The van der Waals surface area contributed by atoms with Crippen LogP contribution in [0.1, 0.15) is 41.6 Å². The molecular formula is C22H24N2O3. The van der Waals surface area contributed by atoms with Gasteiger partial charge in [-0.05, 0) is 56.2 Å². The molecule has 5 nitrogen and oxygen atoms in total. The smallest absolute Gasteiger partial charge is 0.169 e. The van der Waals surface area contributed by atoms with Crippen LogP contribution in [0.15, 0.2) is 48.7 Å². The van der Waals surface area contributed by atoms with Crippen molar-refractivity contribution in [3.63, 3.8) is 0 Å². The van der Waals surface area contributed by atoms with E-state index >= 15 is 0 Å². The summed E-state index contributed by atoms with van der Waals surface area (Å²) in [4.78, 5) is 11.8. The summed E-state index contributed by atoms with van der Waals surface area (Å²) in [5, 5.41) is 7.06. The van der Waals surface area contributed by atoms with Crippen LogP contribution in [0.4, 0.5) is 0 Å². The third-order valence-corrected chi connectivity index (χ3v) is 4.54. The number of carbonyl (C=O) groups excluding carboxylic acids is 1. The van der Waals surface area contributed by atoms with Crippen LogP contribution in [-0.4, -0.2) is 23.1 Å². The zero-order chi connectivity index (χ0) is 19.4. The van der Waals surface area contributed by atoms with Crippen LogP contribution < -0.4 is 9.47 Å². The zero-order valence-electron chi connectivity index (χ0n) is 16.1. The van der Waals surface area contributed by atoms with Crippen molar-refractivity contribution in [2.45, 2.75) is 33.1 Å². The molecule has 1 aromatic heterocycles. The fourth-order valence-corrected chi connectivity index (χ4v) is 3.20. The molecule has 140 valence electrons. The first kappa shape index (κ1) is 18.7. The molecule has 5 heteroatoms. The van der Waals surface area contributed by atoms with E-state index in [1.54, 1.807) is 20.2 Å². The van der Waals surface area contributed by atoms with Crippen molar-refractivity contribution in [2.75, 3.05) is 7.11 Å². The first-order valence-corrected chi connectivity index (χ1v) is 8.89. The van der Waals surface area contributed by atoms with E-state index in [0.29, 0.717) is 17.9 Å². The summed E-state index contributed by atoms with van der Waals surface area (Å²) in [5.74, 6) is 2.07. The average Bonchev–Trinajstić information content (AvgIpc) is 3.06. The molecule has 0 bridgehead atoms. The number of aromatic nitrogens is 2. The summed E-state index contributed by atoms with van der Waals surface area (Å²) in [6.45, 7) is 5.59. The molecular weight excluding hydrogens is 340 g/mol. The number of aromatic amines is 1. The van der Waals surface area contributed by atoms with Crippen LogP contribution in [0, 0.1) is 13.8 Å². The summed E-state index contributed by atoms with van der Waals surface area (Å²) in [7, 11) is 1.62. The van der Waals surface area contributed by atoms with E-state index in [4.69, 9.17) is 9.47 Å². The highest BCUT2D eigenvalue weighted by Gasteiger charge is 2.21. The van der Waals surface area contributed by atoms with Crippen LogP contribution in [0.5, 0.6) is 17.2 Å². The number of hydrogen-bond acceptors (Lipinski definition) is 4. The lowest BCUT2D eigenvalue weighted by molar-refractivity contribution is -0.117. The third kappa shape index (κ3) is 4.37. The SMILES string of the molecule is COc1cc(C(CC(C)=O)c2cn[nH]c2C)ccc1Oc1cccc(C)c1. The van der Waals surface area contributed by atoms with Gasteiger partial charge in [-0.3, -0.25) is 9.89 Å². The van der Waals surface area contributed by atoms with Gasteiger partial charge in [0.1, 0.15) is 11.5 Å². The molecule has 0 radical (unpaired) electrons. The van der Waals surface area contributed by atoms with Crippen molar-refractivity contribution in [3.05, 3.63) is 71.0 Å².